The summed E-state index contributed by atoms with van der Waals surface area (Å²) in [5, 5.41) is 15.0. The van der Waals surface area contributed by atoms with Crippen molar-refractivity contribution in [3.05, 3.63) is 0 Å². The van der Waals surface area contributed by atoms with E-state index in [1.54, 1.807) is 0 Å². The SMILES string of the molecule is CCN(CC(=O)O)C1CC(NC(=O)NCC(C)(C)N2CC(C)OC(C)C2)C1. The molecule has 0 aromatic heterocycles. The Morgan fingerprint density at radius 3 is 2.33 bits per heavy atom. The lowest BCUT2D eigenvalue weighted by Crippen LogP contribution is -2.60. The van der Waals surface area contributed by atoms with E-state index < -0.39 is 5.97 Å². The molecule has 0 aromatic rings. The first kappa shape index (κ1) is 21.9. The van der Waals surface area contributed by atoms with Gasteiger partial charge in [-0.2, -0.15) is 0 Å². The van der Waals surface area contributed by atoms with Crippen molar-refractivity contribution in [2.75, 3.05) is 32.7 Å². The van der Waals surface area contributed by atoms with Gasteiger partial charge in [-0.1, -0.05) is 6.92 Å². The first-order chi connectivity index (χ1) is 12.6. The molecule has 8 heteroatoms. The van der Waals surface area contributed by atoms with Crippen molar-refractivity contribution in [1.82, 2.24) is 20.4 Å². The number of carbonyl (C=O) groups is 2. The average molecular weight is 385 g/mol. The summed E-state index contributed by atoms with van der Waals surface area (Å²) in [6.07, 6.45) is 1.99. The first-order valence-corrected chi connectivity index (χ1v) is 10.0. The molecule has 8 nitrogen and oxygen atoms in total. The van der Waals surface area contributed by atoms with E-state index >= 15 is 0 Å². The zero-order valence-corrected chi connectivity index (χ0v) is 17.3. The standard InChI is InChI=1S/C19H36N4O4/c1-6-22(11-17(24)25)16-7-15(8-16)21-18(26)20-12-19(4,5)23-9-13(2)27-14(3)10-23/h13-16H,6-12H2,1-5H3,(H,24,25)(H2,20,21,26). The number of carbonyl (C=O) groups excluding carboxylic acids is 1. The zero-order chi connectivity index (χ0) is 20.2. The Hall–Kier alpha value is -1.38. The summed E-state index contributed by atoms with van der Waals surface area (Å²) in [5.74, 6) is -0.806. The summed E-state index contributed by atoms with van der Waals surface area (Å²) in [7, 11) is 0. The molecule has 156 valence electrons. The van der Waals surface area contributed by atoms with Crippen molar-refractivity contribution in [3.63, 3.8) is 0 Å². The number of morpholine rings is 1. The lowest BCUT2D eigenvalue weighted by molar-refractivity contribution is -0.139. The molecule has 3 N–H and O–H groups in total. The van der Waals surface area contributed by atoms with Crippen LogP contribution in [0, 0.1) is 0 Å². The van der Waals surface area contributed by atoms with Crippen LogP contribution < -0.4 is 10.6 Å². The lowest BCUT2D eigenvalue weighted by atomic mass is 9.85. The number of hydrogen-bond acceptors (Lipinski definition) is 5. The largest absolute Gasteiger partial charge is 0.480 e. The Morgan fingerprint density at radius 2 is 1.81 bits per heavy atom. The number of carboxylic acids is 1. The molecule has 1 heterocycles. The summed E-state index contributed by atoms with van der Waals surface area (Å²) in [6.45, 7) is 13.5. The van der Waals surface area contributed by atoms with Crippen LogP contribution >= 0.6 is 0 Å². The third-order valence-electron chi connectivity index (χ3n) is 5.67. The van der Waals surface area contributed by atoms with E-state index in [2.05, 4.69) is 43.2 Å². The van der Waals surface area contributed by atoms with E-state index in [9.17, 15) is 9.59 Å². The molecule has 0 aromatic carbocycles. The quantitative estimate of drug-likeness (QED) is 0.580. The predicted octanol–water partition coefficient (Wildman–Crippen LogP) is 1.11. The molecule has 27 heavy (non-hydrogen) atoms. The van der Waals surface area contributed by atoms with E-state index in [-0.39, 0.29) is 42.4 Å². The number of aliphatic carboxylic acids is 1. The van der Waals surface area contributed by atoms with Crippen molar-refractivity contribution in [1.29, 1.82) is 0 Å². The molecule has 2 amide bonds. The molecule has 2 aliphatic rings. The first-order valence-electron chi connectivity index (χ1n) is 10.0. The number of ether oxygens (including phenoxy) is 1. The van der Waals surface area contributed by atoms with E-state index in [1.807, 2.05) is 11.8 Å². The maximum Gasteiger partial charge on any atom is 0.317 e. The van der Waals surface area contributed by atoms with Gasteiger partial charge in [0.15, 0.2) is 0 Å². The predicted molar refractivity (Wildman–Crippen MR) is 104 cm³/mol. The molecule has 0 radical (unpaired) electrons. The highest BCUT2D eigenvalue weighted by molar-refractivity contribution is 5.74. The van der Waals surface area contributed by atoms with Crippen LogP contribution in [0.4, 0.5) is 4.79 Å². The monoisotopic (exact) mass is 384 g/mol. The zero-order valence-electron chi connectivity index (χ0n) is 17.3. The molecule has 2 rings (SSSR count). The Labute approximate surface area is 162 Å². The minimum Gasteiger partial charge on any atom is -0.480 e. The Balaban J connectivity index is 1.71. The van der Waals surface area contributed by atoms with Crippen LogP contribution in [0.15, 0.2) is 0 Å². The highest BCUT2D eigenvalue weighted by Gasteiger charge is 2.36. The summed E-state index contributed by atoms with van der Waals surface area (Å²) in [6, 6.07) is 0.204. The van der Waals surface area contributed by atoms with Crippen LogP contribution in [-0.4, -0.2) is 89.5 Å². The van der Waals surface area contributed by atoms with Gasteiger partial charge in [-0.15, -0.1) is 0 Å². The minimum absolute atomic E-state index is 0.0602. The number of likely N-dealkylation sites (N-methyl/N-ethyl adjacent to an activating group) is 1. The fourth-order valence-corrected chi connectivity index (χ4v) is 3.99. The van der Waals surface area contributed by atoms with Gasteiger partial charge in [-0.25, -0.2) is 4.79 Å². The molecule has 0 spiro atoms. The number of hydrogen-bond donors (Lipinski definition) is 3. The number of amides is 2. The lowest BCUT2D eigenvalue weighted by Gasteiger charge is -2.45. The maximum absolute atomic E-state index is 12.3. The summed E-state index contributed by atoms with van der Waals surface area (Å²) >= 11 is 0. The highest BCUT2D eigenvalue weighted by Crippen LogP contribution is 2.25. The van der Waals surface area contributed by atoms with Crippen LogP contribution in [0.2, 0.25) is 0 Å². The van der Waals surface area contributed by atoms with E-state index in [0.29, 0.717) is 13.1 Å². The highest BCUT2D eigenvalue weighted by atomic mass is 16.5. The molecule has 2 unspecified atom stereocenters. The van der Waals surface area contributed by atoms with Gasteiger partial charge in [0.2, 0.25) is 0 Å². The molecule has 2 atom stereocenters. The van der Waals surface area contributed by atoms with Gasteiger partial charge in [0.1, 0.15) is 0 Å². The number of carboxylic acid groups (broad SMARTS) is 1. The van der Waals surface area contributed by atoms with Gasteiger partial charge >= 0.3 is 12.0 Å². The normalized spacial score (nSPS) is 29.3. The van der Waals surface area contributed by atoms with Gasteiger partial charge in [0.25, 0.3) is 0 Å². The van der Waals surface area contributed by atoms with Gasteiger partial charge in [-0.05, 0) is 47.1 Å². The minimum atomic E-state index is -0.806. The van der Waals surface area contributed by atoms with Gasteiger partial charge < -0.3 is 20.5 Å². The van der Waals surface area contributed by atoms with Crippen LogP contribution in [0.3, 0.4) is 0 Å². The third kappa shape index (κ3) is 6.33. The second kappa shape index (κ2) is 9.21. The molecule has 1 aliphatic heterocycles. The second-order valence-corrected chi connectivity index (χ2v) is 8.58. The van der Waals surface area contributed by atoms with Crippen LogP contribution in [0.1, 0.15) is 47.5 Å². The maximum atomic E-state index is 12.3. The summed E-state index contributed by atoms with van der Waals surface area (Å²) in [5.41, 5.74) is -0.147. The Bertz CT molecular complexity index is 512. The number of urea groups is 1. The van der Waals surface area contributed by atoms with Crippen molar-refractivity contribution in [2.45, 2.75) is 77.3 Å². The second-order valence-electron chi connectivity index (χ2n) is 8.58. The van der Waals surface area contributed by atoms with E-state index in [1.165, 1.54) is 0 Å². The van der Waals surface area contributed by atoms with Gasteiger partial charge in [0.05, 0.1) is 18.8 Å². The summed E-state index contributed by atoms with van der Waals surface area (Å²) < 4.78 is 5.79. The van der Waals surface area contributed by atoms with Crippen molar-refractivity contribution in [3.8, 4) is 0 Å². The number of nitrogens with zero attached hydrogens (tertiary/aromatic N) is 2. The molecule has 1 saturated carbocycles. The third-order valence-corrected chi connectivity index (χ3v) is 5.67. The molecule has 1 saturated heterocycles. The number of nitrogens with one attached hydrogen (secondary N) is 2. The van der Waals surface area contributed by atoms with Crippen LogP contribution in [-0.2, 0) is 9.53 Å². The summed E-state index contributed by atoms with van der Waals surface area (Å²) in [4.78, 5) is 27.5. The van der Waals surface area contributed by atoms with Gasteiger partial charge in [-0.3, -0.25) is 14.6 Å². The van der Waals surface area contributed by atoms with E-state index in [0.717, 1.165) is 25.9 Å². The Kier molecular flexibility index (Phi) is 7.47. The van der Waals surface area contributed by atoms with Crippen LogP contribution in [0.5, 0.6) is 0 Å². The smallest absolute Gasteiger partial charge is 0.317 e. The van der Waals surface area contributed by atoms with Crippen LogP contribution in [0.25, 0.3) is 0 Å². The van der Waals surface area contributed by atoms with Crippen molar-refractivity contribution in [2.24, 2.45) is 0 Å². The van der Waals surface area contributed by atoms with E-state index in [4.69, 9.17) is 9.84 Å². The topological polar surface area (TPSA) is 94.1 Å². The van der Waals surface area contributed by atoms with Crippen molar-refractivity contribution >= 4 is 12.0 Å². The number of rotatable bonds is 8. The average Bonchev–Trinajstić information content (AvgIpc) is 2.53. The fraction of sp³-hybridized carbons (Fsp3) is 0.895. The molecular formula is C19H36N4O4. The molecule has 0 bridgehead atoms. The Morgan fingerprint density at radius 1 is 1.22 bits per heavy atom. The molecule has 1 aliphatic carbocycles. The molecule has 2 fully saturated rings. The van der Waals surface area contributed by atoms with Gasteiger partial charge in [0, 0.05) is 37.3 Å². The molecular weight excluding hydrogens is 348 g/mol. The van der Waals surface area contributed by atoms with Crippen molar-refractivity contribution < 1.29 is 19.4 Å². The fourth-order valence-electron chi connectivity index (χ4n) is 3.99.